The van der Waals surface area contributed by atoms with Crippen molar-refractivity contribution in [2.24, 2.45) is 5.41 Å². The molecule has 19 heavy (non-hydrogen) atoms. The van der Waals surface area contributed by atoms with E-state index in [1.807, 2.05) is 30.3 Å². The Morgan fingerprint density at radius 3 is 2.42 bits per heavy atom. The molecule has 0 bridgehead atoms. The predicted octanol–water partition coefficient (Wildman–Crippen LogP) is 4.64. The lowest BCUT2D eigenvalue weighted by Gasteiger charge is -2.46. The van der Waals surface area contributed by atoms with Crippen molar-refractivity contribution < 1.29 is 13.5 Å². The van der Waals surface area contributed by atoms with Crippen molar-refractivity contribution in [3.05, 3.63) is 35.9 Å². The first kappa shape index (κ1) is 14.7. The van der Waals surface area contributed by atoms with Crippen molar-refractivity contribution in [2.45, 2.75) is 38.2 Å². The second-order valence-electron chi connectivity index (χ2n) is 5.48. The predicted molar refractivity (Wildman–Crippen MR) is 72.7 cm³/mol. The summed E-state index contributed by atoms with van der Waals surface area (Å²) in [5.41, 5.74) is 0.769. The van der Waals surface area contributed by atoms with Gasteiger partial charge in [0.05, 0.1) is 6.61 Å². The van der Waals surface area contributed by atoms with Crippen LogP contribution in [-0.2, 0) is 11.3 Å². The third-order valence-electron chi connectivity index (χ3n) is 3.66. The van der Waals surface area contributed by atoms with Crippen molar-refractivity contribution in [2.75, 3.05) is 12.5 Å². The van der Waals surface area contributed by atoms with Gasteiger partial charge in [-0.25, -0.2) is 8.78 Å². The Bertz CT molecular complexity index is 386. The molecule has 4 heteroatoms. The lowest BCUT2D eigenvalue weighted by molar-refractivity contribution is -0.156. The molecule has 1 aliphatic carbocycles. The Kier molecular flexibility index (Phi) is 4.80. The first-order chi connectivity index (χ1) is 9.05. The molecule has 0 atom stereocenters. The van der Waals surface area contributed by atoms with Gasteiger partial charge in [0, 0.05) is 25.3 Å². The minimum Gasteiger partial charge on any atom is -0.377 e. The molecule has 0 radical (unpaired) electrons. The zero-order valence-corrected chi connectivity index (χ0v) is 11.6. The molecule has 1 fully saturated rings. The minimum atomic E-state index is -2.50. The van der Waals surface area contributed by atoms with Crippen LogP contribution in [0.1, 0.15) is 31.2 Å². The first-order valence-corrected chi connectivity index (χ1v) is 7.14. The van der Waals surface area contributed by atoms with Crippen molar-refractivity contribution >= 4 is 11.6 Å². The van der Waals surface area contributed by atoms with Gasteiger partial charge in [0.15, 0.2) is 0 Å². The zero-order chi connectivity index (χ0) is 13.8. The zero-order valence-electron chi connectivity index (χ0n) is 10.9. The van der Waals surface area contributed by atoms with Gasteiger partial charge in [-0.05, 0) is 23.8 Å². The lowest BCUT2D eigenvalue weighted by Crippen LogP contribution is -2.47. The third-order valence-corrected chi connectivity index (χ3v) is 4.23. The van der Waals surface area contributed by atoms with E-state index in [1.165, 1.54) is 0 Å². The van der Waals surface area contributed by atoms with Crippen molar-refractivity contribution in [1.82, 2.24) is 0 Å². The molecule has 0 aliphatic heterocycles. The molecule has 2 rings (SSSR count). The van der Waals surface area contributed by atoms with Crippen LogP contribution >= 0.6 is 11.6 Å². The van der Waals surface area contributed by atoms with E-state index >= 15 is 0 Å². The first-order valence-electron chi connectivity index (χ1n) is 6.61. The molecule has 1 aromatic rings. The number of halogens is 3. The van der Waals surface area contributed by atoms with Gasteiger partial charge in [-0.15, -0.1) is 11.6 Å². The van der Waals surface area contributed by atoms with Crippen LogP contribution in [0, 0.1) is 5.41 Å². The number of hydrogen-bond acceptors (Lipinski definition) is 1. The van der Waals surface area contributed by atoms with Gasteiger partial charge < -0.3 is 4.74 Å². The number of alkyl halides is 3. The lowest BCUT2D eigenvalue weighted by atomic mass is 9.65. The molecule has 1 nitrogen and oxygen atoms in total. The Labute approximate surface area is 117 Å². The van der Waals surface area contributed by atoms with E-state index in [-0.39, 0.29) is 18.3 Å². The van der Waals surface area contributed by atoms with E-state index in [0.717, 1.165) is 18.4 Å². The molecule has 1 aliphatic rings. The fraction of sp³-hybridized carbons (Fsp3) is 0.600. The Morgan fingerprint density at radius 1 is 1.16 bits per heavy atom. The van der Waals surface area contributed by atoms with Crippen LogP contribution in [0.25, 0.3) is 0 Å². The summed E-state index contributed by atoms with van der Waals surface area (Å²) in [5.74, 6) is -2.18. The highest BCUT2D eigenvalue weighted by Crippen LogP contribution is 2.55. The maximum absolute atomic E-state index is 12.9. The Balaban J connectivity index is 1.62. The van der Waals surface area contributed by atoms with E-state index in [9.17, 15) is 8.78 Å². The number of ether oxygens (including phenoxy) is 1. The molecule has 0 saturated heterocycles. The van der Waals surface area contributed by atoms with E-state index in [0.29, 0.717) is 19.1 Å². The smallest absolute Gasteiger partial charge is 0.249 e. The summed E-state index contributed by atoms with van der Waals surface area (Å²) in [4.78, 5) is 0. The molecule has 1 aromatic carbocycles. The fourth-order valence-electron chi connectivity index (χ4n) is 2.70. The van der Waals surface area contributed by atoms with Gasteiger partial charge in [-0.3, -0.25) is 0 Å². The largest absolute Gasteiger partial charge is 0.377 e. The van der Waals surface area contributed by atoms with E-state index in [2.05, 4.69) is 0 Å². The van der Waals surface area contributed by atoms with Crippen molar-refractivity contribution in [1.29, 1.82) is 0 Å². The van der Waals surface area contributed by atoms with Gasteiger partial charge in [-0.1, -0.05) is 30.3 Å². The second-order valence-corrected chi connectivity index (χ2v) is 5.75. The molecular weight excluding hydrogens is 270 g/mol. The highest BCUT2D eigenvalue weighted by atomic mass is 35.5. The number of benzene rings is 1. The van der Waals surface area contributed by atoms with Gasteiger partial charge in [0.2, 0.25) is 5.92 Å². The summed E-state index contributed by atoms with van der Waals surface area (Å²) in [7, 11) is 0. The van der Waals surface area contributed by atoms with Gasteiger partial charge >= 0.3 is 0 Å². The molecular formula is C15H19ClF2O. The summed E-state index contributed by atoms with van der Waals surface area (Å²) >= 11 is 5.82. The summed E-state index contributed by atoms with van der Waals surface area (Å²) in [5, 5.41) is 0. The van der Waals surface area contributed by atoms with E-state index < -0.39 is 5.92 Å². The van der Waals surface area contributed by atoms with Crippen LogP contribution in [0.2, 0.25) is 0 Å². The average Bonchev–Trinajstić information content (AvgIpc) is 2.37. The van der Waals surface area contributed by atoms with Crippen LogP contribution in [0.15, 0.2) is 30.3 Å². The van der Waals surface area contributed by atoms with Crippen LogP contribution in [0.3, 0.4) is 0 Å². The Morgan fingerprint density at radius 2 is 1.84 bits per heavy atom. The highest BCUT2D eigenvalue weighted by Gasteiger charge is 2.55. The molecule has 0 amide bonds. The van der Waals surface area contributed by atoms with E-state index in [1.54, 1.807) is 0 Å². The minimum absolute atomic E-state index is 0.0673. The molecule has 1 saturated carbocycles. The maximum Gasteiger partial charge on any atom is 0.249 e. The van der Waals surface area contributed by atoms with Gasteiger partial charge in [-0.2, -0.15) is 0 Å². The third kappa shape index (κ3) is 4.15. The van der Waals surface area contributed by atoms with Crippen LogP contribution in [0.5, 0.6) is 0 Å². The standard InChI is InChI=1S/C15H19ClF2O/c16-12-14(10-15(17,18)11-14)7-4-8-19-9-13-5-2-1-3-6-13/h1-3,5-6H,4,7-12H2. The highest BCUT2D eigenvalue weighted by molar-refractivity contribution is 6.18. The molecule has 0 unspecified atom stereocenters. The van der Waals surface area contributed by atoms with Crippen LogP contribution in [-0.4, -0.2) is 18.4 Å². The maximum atomic E-state index is 12.9. The van der Waals surface area contributed by atoms with Crippen LogP contribution < -0.4 is 0 Å². The molecule has 0 heterocycles. The molecule has 0 aromatic heterocycles. The molecule has 0 N–H and O–H groups in total. The topological polar surface area (TPSA) is 9.23 Å². The van der Waals surface area contributed by atoms with Crippen molar-refractivity contribution in [3.63, 3.8) is 0 Å². The number of hydrogen-bond donors (Lipinski definition) is 0. The molecule has 0 spiro atoms. The monoisotopic (exact) mass is 288 g/mol. The van der Waals surface area contributed by atoms with E-state index in [4.69, 9.17) is 16.3 Å². The van der Waals surface area contributed by atoms with Gasteiger partial charge in [0.1, 0.15) is 0 Å². The summed E-state index contributed by atoms with van der Waals surface area (Å²) < 4.78 is 31.4. The summed E-state index contributed by atoms with van der Waals surface area (Å²) in [6, 6.07) is 9.92. The average molecular weight is 289 g/mol. The normalized spacial score (nSPS) is 19.9. The number of rotatable bonds is 7. The molecule has 106 valence electrons. The summed E-state index contributed by atoms with van der Waals surface area (Å²) in [6.45, 7) is 1.17. The summed E-state index contributed by atoms with van der Waals surface area (Å²) in [6.07, 6.45) is 1.38. The Hall–Kier alpha value is -0.670. The quantitative estimate of drug-likeness (QED) is 0.525. The van der Waals surface area contributed by atoms with Crippen LogP contribution in [0.4, 0.5) is 8.78 Å². The van der Waals surface area contributed by atoms with Crippen molar-refractivity contribution in [3.8, 4) is 0 Å². The SMILES string of the molecule is FC1(F)CC(CCl)(CCCOCc2ccccc2)C1. The second kappa shape index (κ2) is 6.19. The fourth-order valence-corrected chi connectivity index (χ4v) is 3.02. The van der Waals surface area contributed by atoms with Gasteiger partial charge in [0.25, 0.3) is 0 Å².